The van der Waals surface area contributed by atoms with Gasteiger partial charge in [-0.2, -0.15) is 0 Å². The molecule has 25 heavy (non-hydrogen) atoms. The quantitative estimate of drug-likeness (QED) is 0.612. The van der Waals surface area contributed by atoms with Gasteiger partial charge in [-0.25, -0.2) is 0 Å². The molecule has 0 N–H and O–H groups in total. The van der Waals surface area contributed by atoms with Gasteiger partial charge in [0.25, 0.3) is 0 Å². The van der Waals surface area contributed by atoms with Gasteiger partial charge in [0.1, 0.15) is 0 Å². The number of carbonyl (C=O) groups excluding carboxylic acids is 1. The Labute approximate surface area is 150 Å². The number of benzene rings is 1. The van der Waals surface area contributed by atoms with Gasteiger partial charge in [-0.1, -0.05) is 48.6 Å². The fourth-order valence-electron chi connectivity index (χ4n) is 5.36. The summed E-state index contributed by atoms with van der Waals surface area (Å²) in [6.45, 7) is 11.1. The largest absolute Gasteiger partial charge is 0.466 e. The minimum absolute atomic E-state index is 0.0146. The van der Waals surface area contributed by atoms with Crippen LogP contribution < -0.4 is 5.19 Å². The lowest BCUT2D eigenvalue weighted by Crippen LogP contribution is -2.51. The van der Waals surface area contributed by atoms with E-state index < -0.39 is 13.9 Å². The van der Waals surface area contributed by atoms with E-state index in [0.29, 0.717) is 18.1 Å². The molecule has 0 amide bonds. The van der Waals surface area contributed by atoms with E-state index >= 15 is 0 Å². The predicted octanol–water partition coefficient (Wildman–Crippen LogP) is 2.93. The maximum atomic E-state index is 12.5. The van der Waals surface area contributed by atoms with Crippen molar-refractivity contribution < 1.29 is 19.0 Å². The van der Waals surface area contributed by atoms with Crippen molar-refractivity contribution in [1.29, 1.82) is 0 Å². The van der Waals surface area contributed by atoms with E-state index in [4.69, 9.17) is 14.2 Å². The van der Waals surface area contributed by atoms with Crippen LogP contribution in [0.25, 0.3) is 0 Å². The highest BCUT2D eigenvalue weighted by atomic mass is 28.3. The molecule has 5 heteroatoms. The van der Waals surface area contributed by atoms with Crippen LogP contribution in [-0.2, 0) is 19.0 Å². The molecule has 0 aromatic heterocycles. The molecular formula is C20H28O4Si. The molecule has 1 heterocycles. The third-order valence-electron chi connectivity index (χ3n) is 6.35. The van der Waals surface area contributed by atoms with E-state index in [9.17, 15) is 4.79 Å². The molecule has 4 nitrogen and oxygen atoms in total. The number of fused-ring (bicyclic) bond motifs is 3. The summed E-state index contributed by atoms with van der Waals surface area (Å²) in [5.74, 6) is -0.0359. The fraction of sp³-hybridized carbons (Fsp3) is 0.650. The molecule has 3 aliphatic rings. The highest BCUT2D eigenvalue weighted by Crippen LogP contribution is 2.69. The third kappa shape index (κ3) is 2.59. The van der Waals surface area contributed by atoms with E-state index in [2.05, 4.69) is 43.4 Å². The Balaban J connectivity index is 1.69. The van der Waals surface area contributed by atoms with Crippen LogP contribution in [-0.4, -0.2) is 38.6 Å². The normalized spacial score (nSPS) is 38.1. The maximum absolute atomic E-state index is 12.5. The SMILES string of the molecule is CCOC(=O)[C@@H]1[C@H]2[C@H]3OC(C)(C)O[C@H]3[C@H]([Si](C)(C)c3ccccc3)[C@@H]12. The molecule has 1 aromatic rings. The minimum atomic E-state index is -1.84. The molecule has 1 aliphatic heterocycles. The van der Waals surface area contributed by atoms with Crippen LogP contribution in [0.2, 0.25) is 18.6 Å². The van der Waals surface area contributed by atoms with Crippen molar-refractivity contribution in [3.63, 3.8) is 0 Å². The van der Waals surface area contributed by atoms with Crippen molar-refractivity contribution in [3.05, 3.63) is 30.3 Å². The second kappa shape index (κ2) is 5.66. The molecule has 2 saturated carbocycles. The topological polar surface area (TPSA) is 44.8 Å². The number of carbonyl (C=O) groups is 1. The van der Waals surface area contributed by atoms with Gasteiger partial charge in [-0.15, -0.1) is 0 Å². The summed E-state index contributed by atoms with van der Waals surface area (Å²) in [4.78, 5) is 12.5. The summed E-state index contributed by atoms with van der Waals surface area (Å²) in [5.41, 5.74) is 0.376. The first-order valence-corrected chi connectivity index (χ1v) is 12.4. The summed E-state index contributed by atoms with van der Waals surface area (Å²) >= 11 is 0. The molecule has 136 valence electrons. The first-order valence-electron chi connectivity index (χ1n) is 9.36. The predicted molar refractivity (Wildman–Crippen MR) is 98.2 cm³/mol. The zero-order chi connectivity index (χ0) is 18.0. The van der Waals surface area contributed by atoms with Gasteiger partial charge in [-0.05, 0) is 32.2 Å². The molecule has 0 unspecified atom stereocenters. The van der Waals surface area contributed by atoms with Gasteiger partial charge in [0, 0.05) is 5.92 Å². The van der Waals surface area contributed by atoms with Gasteiger partial charge in [-0.3, -0.25) is 4.79 Å². The summed E-state index contributed by atoms with van der Waals surface area (Å²) in [7, 11) is -1.84. The van der Waals surface area contributed by atoms with E-state index in [1.807, 2.05) is 20.8 Å². The van der Waals surface area contributed by atoms with E-state index in [1.165, 1.54) is 5.19 Å². The number of rotatable bonds is 4. The lowest BCUT2D eigenvalue weighted by molar-refractivity contribution is -0.153. The number of hydrogen-bond acceptors (Lipinski definition) is 4. The zero-order valence-corrected chi connectivity index (χ0v) is 16.7. The van der Waals surface area contributed by atoms with Gasteiger partial charge in [0.15, 0.2) is 5.79 Å². The van der Waals surface area contributed by atoms with Crippen molar-refractivity contribution in [3.8, 4) is 0 Å². The van der Waals surface area contributed by atoms with Crippen molar-refractivity contribution >= 4 is 19.2 Å². The second-order valence-electron chi connectivity index (χ2n) is 8.61. The first-order chi connectivity index (χ1) is 11.8. The van der Waals surface area contributed by atoms with E-state index in [1.54, 1.807) is 0 Å². The Kier molecular flexibility index (Phi) is 3.91. The fourth-order valence-corrected chi connectivity index (χ4v) is 9.27. The smallest absolute Gasteiger partial charge is 0.309 e. The average molecular weight is 361 g/mol. The lowest BCUT2D eigenvalue weighted by Gasteiger charge is -2.36. The molecule has 0 radical (unpaired) electrons. The lowest BCUT2D eigenvalue weighted by atomic mass is 10.1. The Hall–Kier alpha value is -1.17. The van der Waals surface area contributed by atoms with Gasteiger partial charge in [0.2, 0.25) is 0 Å². The Bertz CT molecular complexity index is 672. The van der Waals surface area contributed by atoms with Gasteiger partial charge in [0.05, 0.1) is 32.8 Å². The van der Waals surface area contributed by atoms with E-state index in [0.717, 1.165) is 0 Å². The Morgan fingerprint density at radius 3 is 2.40 bits per heavy atom. The summed E-state index contributed by atoms with van der Waals surface area (Å²) in [6, 6.07) is 10.7. The molecule has 1 aromatic carbocycles. The monoisotopic (exact) mass is 360 g/mol. The summed E-state index contributed by atoms with van der Waals surface area (Å²) in [5, 5.41) is 1.42. The first kappa shape index (κ1) is 17.3. The zero-order valence-electron chi connectivity index (χ0n) is 15.7. The van der Waals surface area contributed by atoms with Crippen LogP contribution >= 0.6 is 0 Å². The molecule has 6 atom stereocenters. The summed E-state index contributed by atoms with van der Waals surface area (Å²) in [6.07, 6.45) is 0.118. The van der Waals surface area contributed by atoms with Gasteiger partial charge >= 0.3 is 5.97 Å². The molecule has 0 bridgehead atoms. The highest BCUT2D eigenvalue weighted by molar-refractivity contribution is 6.91. The number of esters is 1. The summed E-state index contributed by atoms with van der Waals surface area (Å²) < 4.78 is 17.9. The Morgan fingerprint density at radius 2 is 1.76 bits per heavy atom. The molecule has 2 aliphatic carbocycles. The van der Waals surface area contributed by atoms with Crippen LogP contribution in [0.4, 0.5) is 0 Å². The van der Waals surface area contributed by atoms with Crippen molar-refractivity contribution in [2.24, 2.45) is 17.8 Å². The van der Waals surface area contributed by atoms with Crippen molar-refractivity contribution in [2.45, 2.75) is 57.4 Å². The average Bonchev–Trinajstić information content (AvgIpc) is 3.07. The number of hydrogen-bond donors (Lipinski definition) is 0. The van der Waals surface area contributed by atoms with Crippen LogP contribution in [0.1, 0.15) is 20.8 Å². The van der Waals surface area contributed by atoms with Crippen LogP contribution in [0.5, 0.6) is 0 Å². The minimum Gasteiger partial charge on any atom is -0.466 e. The number of ether oxygens (including phenoxy) is 3. The molecule has 0 spiro atoms. The maximum Gasteiger partial charge on any atom is 0.309 e. The second-order valence-corrected chi connectivity index (χ2v) is 13.3. The highest BCUT2D eigenvalue weighted by Gasteiger charge is 2.76. The van der Waals surface area contributed by atoms with Crippen LogP contribution in [0.3, 0.4) is 0 Å². The van der Waals surface area contributed by atoms with Crippen molar-refractivity contribution in [2.75, 3.05) is 6.61 Å². The molecule has 4 rings (SSSR count). The Morgan fingerprint density at radius 1 is 1.12 bits per heavy atom. The molecular weight excluding hydrogens is 332 g/mol. The standard InChI is InChI=1S/C20H28O4Si/c1-6-22-19(21)15-13-14(15)18(17-16(13)23-20(2,3)24-17)25(4,5)12-10-8-7-9-11-12/h7-11,13-18H,6H2,1-5H3/t13-,14+,15+,16+,17+,18+/m0/s1. The van der Waals surface area contributed by atoms with Crippen LogP contribution in [0.15, 0.2) is 30.3 Å². The van der Waals surface area contributed by atoms with Gasteiger partial charge < -0.3 is 14.2 Å². The van der Waals surface area contributed by atoms with Crippen LogP contribution in [0, 0.1) is 17.8 Å². The third-order valence-corrected chi connectivity index (χ3v) is 10.6. The molecule has 1 saturated heterocycles. The molecule has 3 fully saturated rings. The van der Waals surface area contributed by atoms with Crippen molar-refractivity contribution in [1.82, 2.24) is 0 Å². The van der Waals surface area contributed by atoms with E-state index in [-0.39, 0.29) is 30.0 Å².